The van der Waals surface area contributed by atoms with Crippen molar-refractivity contribution >= 4 is 16.7 Å². The number of Topliss-reactive ketones (excluding diaryl/α,β-unsaturated/α-hetero) is 1. The highest BCUT2D eigenvalue weighted by molar-refractivity contribution is 6.00. The van der Waals surface area contributed by atoms with Gasteiger partial charge in [-0.1, -0.05) is 12.1 Å². The molecular formula is C16H19N3O2. The molecule has 4 rings (SSSR count). The molecule has 2 aliphatic rings. The van der Waals surface area contributed by atoms with Crippen molar-refractivity contribution in [1.29, 1.82) is 0 Å². The molecule has 5 heteroatoms. The molecule has 2 saturated heterocycles. The van der Waals surface area contributed by atoms with Gasteiger partial charge in [0.1, 0.15) is 0 Å². The number of hydrogen-bond donors (Lipinski definition) is 1. The van der Waals surface area contributed by atoms with Crippen LogP contribution in [0, 0.1) is 5.92 Å². The molecule has 0 spiro atoms. The number of hydrogen-bond acceptors (Lipinski definition) is 4. The number of piperidine rings is 1. The van der Waals surface area contributed by atoms with Crippen molar-refractivity contribution in [2.45, 2.75) is 24.9 Å². The van der Waals surface area contributed by atoms with Gasteiger partial charge in [0.2, 0.25) is 0 Å². The zero-order valence-corrected chi connectivity index (χ0v) is 12.1. The third kappa shape index (κ3) is 2.26. The maximum absolute atomic E-state index is 12.8. The van der Waals surface area contributed by atoms with Crippen LogP contribution in [0.15, 0.2) is 24.4 Å². The maximum atomic E-state index is 12.8. The van der Waals surface area contributed by atoms with Gasteiger partial charge in [0.05, 0.1) is 24.9 Å². The molecule has 1 aromatic carbocycles. The first-order chi connectivity index (χ1) is 10.2. The summed E-state index contributed by atoms with van der Waals surface area (Å²) in [6, 6.07) is 6.54. The Bertz CT molecular complexity index is 682. The number of ether oxygens (including phenoxy) is 1. The third-order valence-corrected chi connectivity index (χ3v) is 4.65. The molecule has 2 unspecified atom stereocenters. The zero-order chi connectivity index (χ0) is 14.4. The van der Waals surface area contributed by atoms with Crippen LogP contribution >= 0.6 is 0 Å². The van der Waals surface area contributed by atoms with Crippen LogP contribution < -0.4 is 5.32 Å². The van der Waals surface area contributed by atoms with E-state index in [0.29, 0.717) is 12.1 Å². The SMILES string of the molecule is Cn1ncc2ccc(C(=O)C3CC4COCC(C3)N4)cc21. The zero-order valence-electron chi connectivity index (χ0n) is 12.1. The fourth-order valence-electron chi connectivity index (χ4n) is 3.58. The van der Waals surface area contributed by atoms with E-state index in [4.69, 9.17) is 4.74 Å². The summed E-state index contributed by atoms with van der Waals surface area (Å²) in [6.07, 6.45) is 3.58. The average Bonchev–Trinajstić information content (AvgIpc) is 2.87. The van der Waals surface area contributed by atoms with Crippen LogP contribution in [-0.2, 0) is 11.8 Å². The lowest BCUT2D eigenvalue weighted by molar-refractivity contribution is 0.00953. The summed E-state index contributed by atoms with van der Waals surface area (Å²) in [5.41, 5.74) is 1.82. The lowest BCUT2D eigenvalue weighted by Crippen LogP contribution is -2.55. The van der Waals surface area contributed by atoms with Crippen molar-refractivity contribution in [3.8, 4) is 0 Å². The van der Waals surface area contributed by atoms with Gasteiger partial charge >= 0.3 is 0 Å². The molecule has 110 valence electrons. The van der Waals surface area contributed by atoms with Crippen molar-refractivity contribution in [2.75, 3.05) is 13.2 Å². The van der Waals surface area contributed by atoms with E-state index < -0.39 is 0 Å². The van der Waals surface area contributed by atoms with Crippen LogP contribution in [0.3, 0.4) is 0 Å². The van der Waals surface area contributed by atoms with E-state index in [1.54, 1.807) is 0 Å². The fraction of sp³-hybridized carbons (Fsp3) is 0.500. The molecule has 1 aromatic heterocycles. The quantitative estimate of drug-likeness (QED) is 0.850. The number of ketones is 1. The second-order valence-corrected chi connectivity index (χ2v) is 6.17. The number of fused-ring (bicyclic) bond motifs is 3. The molecule has 2 bridgehead atoms. The first kappa shape index (κ1) is 13.0. The van der Waals surface area contributed by atoms with Gasteiger partial charge in [-0.25, -0.2) is 0 Å². The molecular weight excluding hydrogens is 266 g/mol. The van der Waals surface area contributed by atoms with E-state index in [-0.39, 0.29) is 11.7 Å². The molecule has 0 saturated carbocycles. The molecule has 3 heterocycles. The third-order valence-electron chi connectivity index (χ3n) is 4.65. The second-order valence-electron chi connectivity index (χ2n) is 6.17. The molecule has 0 aliphatic carbocycles. The van der Waals surface area contributed by atoms with Gasteiger partial charge in [0.25, 0.3) is 0 Å². The second kappa shape index (κ2) is 4.93. The van der Waals surface area contributed by atoms with Gasteiger partial charge in [0, 0.05) is 36.0 Å². The number of carbonyl (C=O) groups is 1. The van der Waals surface area contributed by atoms with E-state index in [0.717, 1.165) is 42.5 Å². The van der Waals surface area contributed by atoms with Crippen molar-refractivity contribution in [3.63, 3.8) is 0 Å². The van der Waals surface area contributed by atoms with E-state index in [2.05, 4.69) is 10.4 Å². The Balaban J connectivity index is 1.62. The Kier molecular flexibility index (Phi) is 3.05. The van der Waals surface area contributed by atoms with Crippen molar-refractivity contribution in [3.05, 3.63) is 30.0 Å². The molecule has 21 heavy (non-hydrogen) atoms. The summed E-state index contributed by atoms with van der Waals surface area (Å²) in [7, 11) is 1.91. The highest BCUT2D eigenvalue weighted by Gasteiger charge is 2.35. The van der Waals surface area contributed by atoms with Gasteiger partial charge in [-0.15, -0.1) is 0 Å². The molecule has 1 N–H and O–H groups in total. The van der Waals surface area contributed by atoms with Gasteiger partial charge < -0.3 is 10.1 Å². The lowest BCUT2D eigenvalue weighted by Gasteiger charge is -2.39. The largest absolute Gasteiger partial charge is 0.378 e. The summed E-state index contributed by atoms with van der Waals surface area (Å²) < 4.78 is 7.36. The number of benzene rings is 1. The molecule has 0 amide bonds. The smallest absolute Gasteiger partial charge is 0.166 e. The normalized spacial score (nSPS) is 28.7. The number of nitrogens with zero attached hydrogens (tertiary/aromatic N) is 2. The summed E-state index contributed by atoms with van der Waals surface area (Å²) in [5, 5.41) is 8.84. The van der Waals surface area contributed by atoms with E-state index >= 15 is 0 Å². The fourth-order valence-corrected chi connectivity index (χ4v) is 3.58. The molecule has 2 atom stereocenters. The van der Waals surface area contributed by atoms with Crippen LogP contribution in [0.5, 0.6) is 0 Å². The van der Waals surface area contributed by atoms with Crippen LogP contribution in [0.4, 0.5) is 0 Å². The minimum atomic E-state index is 0.107. The standard InChI is InChI=1S/C16H19N3O2/c1-19-15-6-10(2-3-11(15)7-17-19)16(20)12-4-13-8-21-9-14(5-12)18-13/h2-3,6-7,12-14,18H,4-5,8-9H2,1H3. The lowest BCUT2D eigenvalue weighted by atomic mass is 9.82. The number of aryl methyl sites for hydroxylation is 1. The van der Waals surface area contributed by atoms with E-state index in [1.807, 2.05) is 36.1 Å². The Labute approximate surface area is 123 Å². The highest BCUT2D eigenvalue weighted by atomic mass is 16.5. The summed E-state index contributed by atoms with van der Waals surface area (Å²) >= 11 is 0. The maximum Gasteiger partial charge on any atom is 0.166 e. The Morgan fingerprint density at radius 1 is 1.33 bits per heavy atom. The molecule has 2 aromatic rings. The van der Waals surface area contributed by atoms with Gasteiger partial charge in [-0.05, 0) is 18.9 Å². The van der Waals surface area contributed by atoms with Crippen LogP contribution in [0.1, 0.15) is 23.2 Å². The Morgan fingerprint density at radius 3 is 2.86 bits per heavy atom. The topological polar surface area (TPSA) is 56.2 Å². The molecule has 2 aliphatic heterocycles. The number of morpholine rings is 1. The molecule has 0 radical (unpaired) electrons. The van der Waals surface area contributed by atoms with Gasteiger partial charge in [-0.2, -0.15) is 5.10 Å². The number of rotatable bonds is 2. The van der Waals surface area contributed by atoms with Crippen molar-refractivity contribution < 1.29 is 9.53 Å². The van der Waals surface area contributed by atoms with Crippen LogP contribution in [-0.4, -0.2) is 40.9 Å². The van der Waals surface area contributed by atoms with Crippen LogP contribution in [0.2, 0.25) is 0 Å². The predicted molar refractivity (Wildman–Crippen MR) is 79.3 cm³/mol. The van der Waals surface area contributed by atoms with Crippen molar-refractivity contribution in [1.82, 2.24) is 15.1 Å². The minimum Gasteiger partial charge on any atom is -0.378 e. The van der Waals surface area contributed by atoms with Gasteiger partial charge in [-0.3, -0.25) is 9.48 Å². The van der Waals surface area contributed by atoms with E-state index in [1.165, 1.54) is 0 Å². The molecule has 2 fully saturated rings. The number of carbonyl (C=O) groups excluding carboxylic acids is 1. The average molecular weight is 285 g/mol. The Morgan fingerprint density at radius 2 is 2.10 bits per heavy atom. The summed E-state index contributed by atoms with van der Waals surface area (Å²) in [6.45, 7) is 1.45. The van der Waals surface area contributed by atoms with Crippen molar-refractivity contribution in [2.24, 2.45) is 13.0 Å². The number of aromatic nitrogens is 2. The first-order valence-electron chi connectivity index (χ1n) is 7.50. The summed E-state index contributed by atoms with van der Waals surface area (Å²) in [4.78, 5) is 12.8. The molecule has 5 nitrogen and oxygen atoms in total. The summed E-state index contributed by atoms with van der Waals surface area (Å²) in [5.74, 6) is 0.368. The predicted octanol–water partition coefficient (Wildman–Crippen LogP) is 1.52. The first-order valence-corrected chi connectivity index (χ1v) is 7.50. The highest BCUT2D eigenvalue weighted by Crippen LogP contribution is 2.28. The van der Waals surface area contributed by atoms with Gasteiger partial charge in [0.15, 0.2) is 5.78 Å². The van der Waals surface area contributed by atoms with E-state index in [9.17, 15) is 4.79 Å². The Hall–Kier alpha value is -1.72. The monoisotopic (exact) mass is 285 g/mol. The van der Waals surface area contributed by atoms with Crippen LogP contribution in [0.25, 0.3) is 10.9 Å². The number of nitrogens with one attached hydrogen (secondary N) is 1. The minimum absolute atomic E-state index is 0.107.